The van der Waals surface area contributed by atoms with Crippen molar-refractivity contribution in [1.82, 2.24) is 19.5 Å². The fourth-order valence-electron chi connectivity index (χ4n) is 5.64. The van der Waals surface area contributed by atoms with Crippen molar-refractivity contribution >= 4 is 55.2 Å². The molecule has 5 rings (SSSR count). The van der Waals surface area contributed by atoms with Gasteiger partial charge >= 0.3 is 6.09 Å². The van der Waals surface area contributed by atoms with Crippen LogP contribution in [-0.2, 0) is 26.0 Å². The molecule has 14 heteroatoms. The number of nitrogens with one attached hydrogen (secondary N) is 1. The highest BCUT2D eigenvalue weighted by Gasteiger charge is 2.39. The van der Waals surface area contributed by atoms with Gasteiger partial charge in [-0.3, -0.25) is 14.5 Å². The summed E-state index contributed by atoms with van der Waals surface area (Å²) in [5, 5.41) is 14.5. The lowest BCUT2D eigenvalue weighted by Gasteiger charge is -2.31. The van der Waals surface area contributed by atoms with E-state index in [0.717, 1.165) is 10.3 Å². The molecule has 1 aliphatic heterocycles. The van der Waals surface area contributed by atoms with E-state index in [0.29, 0.717) is 16.8 Å². The quantitative estimate of drug-likeness (QED) is 0.193. The Morgan fingerprint density at radius 3 is 2.48 bits per heavy atom. The third kappa shape index (κ3) is 8.49. The first kappa shape index (κ1) is 36.9. The SMILES string of the molecule is CC(C)CN(C[C@@H](O)C(Cc1ccccc1)NC(=O)[C@@H]1CN(c2cccc(C(=O)N(C)C(C)C)c2)C(=O)O1)S(=O)(=O)c1ccc2ncsc2c1. The van der Waals surface area contributed by atoms with Crippen LogP contribution in [0.2, 0.25) is 0 Å². The molecule has 4 aromatic rings. The number of cyclic esters (lactones) is 1. The third-order valence-electron chi connectivity index (χ3n) is 8.59. The van der Waals surface area contributed by atoms with E-state index >= 15 is 0 Å². The van der Waals surface area contributed by atoms with Gasteiger partial charge in [-0.25, -0.2) is 18.2 Å². The predicted molar refractivity (Wildman–Crippen MR) is 193 cm³/mol. The van der Waals surface area contributed by atoms with Crippen molar-refractivity contribution in [2.24, 2.45) is 5.92 Å². The molecule has 266 valence electrons. The molecule has 3 amide bonds. The normalized spacial score (nSPS) is 16.2. The van der Waals surface area contributed by atoms with Crippen molar-refractivity contribution in [3.05, 3.63) is 89.4 Å². The minimum Gasteiger partial charge on any atom is -0.434 e. The second-order valence-electron chi connectivity index (χ2n) is 13.1. The minimum atomic E-state index is -4.04. The molecule has 2 N–H and O–H groups in total. The van der Waals surface area contributed by atoms with Gasteiger partial charge in [0, 0.05) is 37.4 Å². The summed E-state index contributed by atoms with van der Waals surface area (Å²) in [7, 11) is -2.34. The lowest BCUT2D eigenvalue weighted by atomic mass is 10.0. The predicted octanol–water partition coefficient (Wildman–Crippen LogP) is 4.54. The van der Waals surface area contributed by atoms with Gasteiger partial charge in [-0.1, -0.05) is 50.2 Å². The van der Waals surface area contributed by atoms with Gasteiger partial charge in [0.05, 0.1) is 39.3 Å². The van der Waals surface area contributed by atoms with E-state index < -0.39 is 40.3 Å². The van der Waals surface area contributed by atoms with Crippen molar-refractivity contribution in [3.63, 3.8) is 0 Å². The van der Waals surface area contributed by atoms with Gasteiger partial charge in [0.2, 0.25) is 10.0 Å². The lowest BCUT2D eigenvalue weighted by Crippen LogP contribution is -2.53. The zero-order valence-electron chi connectivity index (χ0n) is 28.7. The number of carbonyl (C=O) groups is 3. The summed E-state index contributed by atoms with van der Waals surface area (Å²) in [5.74, 6) is -0.907. The van der Waals surface area contributed by atoms with Crippen molar-refractivity contribution in [1.29, 1.82) is 0 Å². The average molecular weight is 722 g/mol. The molecule has 0 spiro atoms. The van der Waals surface area contributed by atoms with Crippen LogP contribution in [0, 0.1) is 5.92 Å². The number of aliphatic hydroxyl groups excluding tert-OH is 1. The molecule has 1 aliphatic rings. The Kier molecular flexibility index (Phi) is 11.6. The zero-order valence-corrected chi connectivity index (χ0v) is 30.4. The molecule has 0 bridgehead atoms. The van der Waals surface area contributed by atoms with E-state index in [4.69, 9.17) is 4.74 Å². The standard InChI is InChI=1S/C36H43N5O7S2/c1-23(2)19-40(50(46,47)28-14-15-29-33(18-28)49-22-37-29)20-31(42)30(16-25-10-7-6-8-11-25)38-34(43)32-21-41(36(45)48-32)27-13-9-12-26(17-27)35(44)39(5)24(3)4/h6-15,17-18,22-24,30-32,42H,16,19-21H2,1-5H3,(H,38,43)/t30?,31-,32+/m1/s1. The number of ether oxygens (including phenoxy) is 1. The van der Waals surface area contributed by atoms with E-state index in [1.807, 2.05) is 58.0 Å². The van der Waals surface area contributed by atoms with Crippen molar-refractivity contribution in [3.8, 4) is 0 Å². The van der Waals surface area contributed by atoms with Crippen LogP contribution in [0.15, 0.2) is 83.2 Å². The van der Waals surface area contributed by atoms with Gasteiger partial charge in [-0.05, 0) is 68.1 Å². The average Bonchev–Trinajstić information content (AvgIpc) is 3.73. The van der Waals surface area contributed by atoms with Crippen LogP contribution in [-0.4, -0.2) is 96.6 Å². The molecule has 3 atom stereocenters. The van der Waals surface area contributed by atoms with E-state index in [2.05, 4.69) is 10.3 Å². The molecule has 3 aromatic carbocycles. The number of aromatic nitrogens is 1. The number of aliphatic hydroxyl groups is 1. The van der Waals surface area contributed by atoms with Gasteiger partial charge in [0.1, 0.15) is 0 Å². The fraction of sp³-hybridized carbons (Fsp3) is 0.389. The maximum Gasteiger partial charge on any atom is 0.415 e. The molecule has 0 aliphatic carbocycles. The molecule has 2 heterocycles. The van der Waals surface area contributed by atoms with Crippen LogP contribution in [0.3, 0.4) is 0 Å². The Morgan fingerprint density at radius 2 is 1.78 bits per heavy atom. The Labute approximate surface area is 296 Å². The summed E-state index contributed by atoms with van der Waals surface area (Å²) < 4.78 is 35.3. The highest BCUT2D eigenvalue weighted by Crippen LogP contribution is 2.26. The summed E-state index contributed by atoms with van der Waals surface area (Å²) in [6, 6.07) is 19.6. The van der Waals surface area contributed by atoms with Crippen molar-refractivity contribution in [2.45, 2.75) is 63.3 Å². The van der Waals surface area contributed by atoms with Gasteiger partial charge < -0.3 is 20.1 Å². The molecule has 12 nitrogen and oxygen atoms in total. The van der Waals surface area contributed by atoms with Crippen LogP contribution in [0.1, 0.15) is 43.6 Å². The second kappa shape index (κ2) is 15.7. The van der Waals surface area contributed by atoms with E-state index in [1.54, 1.807) is 53.9 Å². The van der Waals surface area contributed by atoms with Crippen molar-refractivity contribution in [2.75, 3.05) is 31.6 Å². The molecule has 1 aromatic heterocycles. The van der Waals surface area contributed by atoms with E-state index in [1.165, 1.54) is 26.6 Å². The monoisotopic (exact) mass is 721 g/mol. The van der Waals surface area contributed by atoms with Gasteiger partial charge in [0.15, 0.2) is 6.10 Å². The van der Waals surface area contributed by atoms with E-state index in [-0.39, 0.29) is 48.8 Å². The summed E-state index contributed by atoms with van der Waals surface area (Å²) in [5.41, 5.74) is 3.95. The van der Waals surface area contributed by atoms with Crippen LogP contribution in [0.5, 0.6) is 0 Å². The first-order valence-electron chi connectivity index (χ1n) is 16.5. The molecule has 50 heavy (non-hydrogen) atoms. The number of thiazole rings is 1. The summed E-state index contributed by atoms with van der Waals surface area (Å²) in [6.45, 7) is 7.29. The number of amides is 3. The number of anilines is 1. The number of fused-ring (bicyclic) bond motifs is 1. The van der Waals surface area contributed by atoms with Crippen molar-refractivity contribution < 1.29 is 32.6 Å². The Hall–Kier alpha value is -4.37. The maximum atomic E-state index is 13.9. The molecular formula is C36H43N5O7S2. The Balaban J connectivity index is 1.35. The number of hydrogen-bond acceptors (Lipinski definition) is 9. The first-order valence-corrected chi connectivity index (χ1v) is 18.8. The second-order valence-corrected chi connectivity index (χ2v) is 15.9. The smallest absolute Gasteiger partial charge is 0.415 e. The molecule has 1 fully saturated rings. The molecule has 0 radical (unpaired) electrons. The highest BCUT2D eigenvalue weighted by atomic mass is 32.2. The number of hydrogen-bond donors (Lipinski definition) is 2. The highest BCUT2D eigenvalue weighted by molar-refractivity contribution is 7.89. The van der Waals surface area contributed by atoms with Gasteiger partial charge in [0.25, 0.3) is 11.8 Å². The van der Waals surface area contributed by atoms with Crippen LogP contribution in [0.4, 0.5) is 10.5 Å². The molecular weight excluding hydrogens is 679 g/mol. The molecule has 0 saturated carbocycles. The third-order valence-corrected chi connectivity index (χ3v) is 11.2. The van der Waals surface area contributed by atoms with Gasteiger partial charge in [-0.15, -0.1) is 11.3 Å². The summed E-state index contributed by atoms with van der Waals surface area (Å²) >= 11 is 1.34. The Morgan fingerprint density at radius 1 is 1.04 bits per heavy atom. The zero-order chi connectivity index (χ0) is 36.2. The Bertz CT molecular complexity index is 1930. The largest absolute Gasteiger partial charge is 0.434 e. The fourth-order valence-corrected chi connectivity index (χ4v) is 8.08. The minimum absolute atomic E-state index is 0.0269. The van der Waals surface area contributed by atoms with Crippen LogP contribution >= 0.6 is 11.3 Å². The van der Waals surface area contributed by atoms with Gasteiger partial charge in [-0.2, -0.15) is 4.31 Å². The van der Waals surface area contributed by atoms with E-state index in [9.17, 15) is 27.9 Å². The maximum absolute atomic E-state index is 13.9. The number of sulfonamides is 1. The molecule has 1 unspecified atom stereocenters. The summed E-state index contributed by atoms with van der Waals surface area (Å²) in [6.07, 6.45) is -3.10. The number of rotatable bonds is 14. The molecule has 1 saturated heterocycles. The van der Waals surface area contributed by atoms with Crippen LogP contribution < -0.4 is 10.2 Å². The number of carbonyl (C=O) groups excluding carboxylic acids is 3. The lowest BCUT2D eigenvalue weighted by molar-refractivity contribution is -0.129. The van der Waals surface area contributed by atoms with Crippen LogP contribution in [0.25, 0.3) is 10.2 Å². The number of benzene rings is 3. The number of nitrogens with zero attached hydrogens (tertiary/aromatic N) is 4. The summed E-state index contributed by atoms with van der Waals surface area (Å²) in [4.78, 5) is 46.8. The first-order chi connectivity index (χ1) is 23.7. The topological polar surface area (TPSA) is 149 Å².